The van der Waals surface area contributed by atoms with E-state index in [-0.39, 0.29) is 5.69 Å². The zero-order valence-corrected chi connectivity index (χ0v) is 6.95. The summed E-state index contributed by atoms with van der Waals surface area (Å²) in [7, 11) is 0. The first-order chi connectivity index (χ1) is 6.75. The number of rotatable bonds is 3. The van der Waals surface area contributed by atoms with E-state index < -0.39 is 5.97 Å². The van der Waals surface area contributed by atoms with Crippen LogP contribution >= 0.6 is 0 Å². The predicted octanol–water partition coefficient (Wildman–Crippen LogP) is -0.857. The second-order valence-corrected chi connectivity index (χ2v) is 2.53. The van der Waals surface area contributed by atoms with Crippen molar-refractivity contribution >= 4 is 5.97 Å². The van der Waals surface area contributed by atoms with Gasteiger partial charge < -0.3 is 5.11 Å². The lowest BCUT2D eigenvalue weighted by molar-refractivity contribution is 0.0689. The molecule has 72 valence electrons. The molecule has 2 rings (SSSR count). The highest BCUT2D eigenvalue weighted by Gasteiger charge is 2.07. The van der Waals surface area contributed by atoms with Crippen LogP contribution in [-0.2, 0) is 6.54 Å². The molecule has 14 heavy (non-hydrogen) atoms. The molecule has 0 aliphatic heterocycles. The topological polar surface area (TPSA) is 110 Å². The number of carboxylic acids is 1. The molecule has 0 spiro atoms. The monoisotopic (exact) mass is 194 g/mol. The molecular formula is C6H6N6O2. The Morgan fingerprint density at radius 3 is 3.07 bits per heavy atom. The maximum Gasteiger partial charge on any atom is 0.356 e. The summed E-state index contributed by atoms with van der Waals surface area (Å²) in [6.45, 7) is 0.295. The van der Waals surface area contributed by atoms with E-state index in [0.717, 1.165) is 0 Å². The Morgan fingerprint density at radius 2 is 2.50 bits per heavy atom. The van der Waals surface area contributed by atoms with Crippen LogP contribution in [0.2, 0.25) is 0 Å². The summed E-state index contributed by atoms with van der Waals surface area (Å²) < 4.78 is 1.42. The van der Waals surface area contributed by atoms with Gasteiger partial charge in [0.15, 0.2) is 11.5 Å². The lowest BCUT2D eigenvalue weighted by atomic mass is 10.5. The van der Waals surface area contributed by atoms with E-state index in [9.17, 15) is 4.79 Å². The Hall–Kier alpha value is -2.25. The minimum Gasteiger partial charge on any atom is -0.476 e. The number of nitrogens with zero attached hydrogens (tertiary/aromatic N) is 5. The van der Waals surface area contributed by atoms with Gasteiger partial charge in [0.05, 0.1) is 0 Å². The molecule has 2 N–H and O–H groups in total. The maximum absolute atomic E-state index is 10.5. The summed E-state index contributed by atoms with van der Waals surface area (Å²) in [6.07, 6.45) is 1.54. The maximum atomic E-state index is 10.5. The molecule has 0 aliphatic carbocycles. The normalized spacial score (nSPS) is 10.3. The number of aromatic carboxylic acids is 1. The number of hydrogen-bond donors (Lipinski definition) is 2. The molecule has 2 aromatic heterocycles. The first kappa shape index (κ1) is 8.35. The van der Waals surface area contributed by atoms with Crippen LogP contribution in [-0.4, -0.2) is 41.5 Å². The van der Waals surface area contributed by atoms with E-state index in [4.69, 9.17) is 5.11 Å². The van der Waals surface area contributed by atoms with E-state index in [0.29, 0.717) is 12.4 Å². The Bertz CT molecular complexity index is 433. The average Bonchev–Trinajstić information content (AvgIpc) is 2.75. The highest BCUT2D eigenvalue weighted by atomic mass is 16.4. The van der Waals surface area contributed by atoms with Crippen molar-refractivity contribution in [1.82, 2.24) is 30.4 Å². The summed E-state index contributed by atoms with van der Waals surface area (Å²) in [6, 6.07) is 1.41. The first-order valence-electron chi connectivity index (χ1n) is 3.75. The van der Waals surface area contributed by atoms with Crippen molar-refractivity contribution in [3.63, 3.8) is 0 Å². The second kappa shape index (κ2) is 3.24. The molecule has 0 fully saturated rings. The number of tetrazole rings is 1. The number of aromatic amines is 1. The Kier molecular flexibility index (Phi) is 1.94. The SMILES string of the molecule is O=C(O)c1ccn(Cc2nn[nH]n2)n1. The molecular weight excluding hydrogens is 188 g/mol. The summed E-state index contributed by atoms with van der Waals surface area (Å²) >= 11 is 0. The van der Waals surface area contributed by atoms with Crippen LogP contribution in [0, 0.1) is 0 Å². The number of aromatic nitrogens is 6. The Morgan fingerprint density at radius 1 is 1.64 bits per heavy atom. The van der Waals surface area contributed by atoms with Crippen molar-refractivity contribution < 1.29 is 9.90 Å². The standard InChI is InChI=1S/C6H6N6O2/c13-6(14)4-1-2-12(9-4)3-5-7-10-11-8-5/h1-2H,3H2,(H,13,14)(H,7,8,10,11). The minimum atomic E-state index is -1.06. The largest absolute Gasteiger partial charge is 0.476 e. The van der Waals surface area contributed by atoms with Crippen LogP contribution in [0.4, 0.5) is 0 Å². The molecule has 2 aromatic rings. The molecule has 0 aromatic carbocycles. The zero-order chi connectivity index (χ0) is 9.97. The second-order valence-electron chi connectivity index (χ2n) is 2.53. The Labute approximate surface area is 77.6 Å². The molecule has 8 heteroatoms. The highest BCUT2D eigenvalue weighted by Crippen LogP contribution is 1.97. The van der Waals surface area contributed by atoms with Crippen LogP contribution in [0.25, 0.3) is 0 Å². The molecule has 0 unspecified atom stereocenters. The summed E-state index contributed by atoms with van der Waals surface area (Å²) in [5.41, 5.74) is -0.00602. The number of carbonyl (C=O) groups is 1. The smallest absolute Gasteiger partial charge is 0.356 e. The quantitative estimate of drug-likeness (QED) is 0.658. The lowest BCUT2D eigenvalue weighted by Crippen LogP contribution is -2.05. The van der Waals surface area contributed by atoms with Crippen molar-refractivity contribution in [2.45, 2.75) is 6.54 Å². The average molecular weight is 194 g/mol. The molecule has 0 saturated carbocycles. The third kappa shape index (κ3) is 1.58. The van der Waals surface area contributed by atoms with Crippen LogP contribution in [0.1, 0.15) is 16.3 Å². The van der Waals surface area contributed by atoms with Crippen molar-refractivity contribution in [3.8, 4) is 0 Å². The molecule has 2 heterocycles. The fraction of sp³-hybridized carbons (Fsp3) is 0.167. The molecule has 0 radical (unpaired) electrons. The van der Waals surface area contributed by atoms with Gasteiger partial charge >= 0.3 is 5.97 Å². The number of nitrogens with one attached hydrogen (secondary N) is 1. The van der Waals surface area contributed by atoms with Gasteiger partial charge in [0, 0.05) is 6.20 Å². The number of H-pyrrole nitrogens is 1. The van der Waals surface area contributed by atoms with E-state index >= 15 is 0 Å². The third-order valence-electron chi connectivity index (χ3n) is 1.55. The molecule has 0 saturated heterocycles. The molecule has 0 bridgehead atoms. The molecule has 0 amide bonds. The van der Waals surface area contributed by atoms with Gasteiger partial charge in [-0.15, -0.1) is 10.2 Å². The highest BCUT2D eigenvalue weighted by molar-refractivity contribution is 5.84. The zero-order valence-electron chi connectivity index (χ0n) is 6.95. The van der Waals surface area contributed by atoms with Gasteiger partial charge in [0.1, 0.15) is 6.54 Å². The van der Waals surface area contributed by atoms with E-state index in [1.54, 1.807) is 6.20 Å². The van der Waals surface area contributed by atoms with Crippen molar-refractivity contribution in [2.75, 3.05) is 0 Å². The van der Waals surface area contributed by atoms with Crippen molar-refractivity contribution in [2.24, 2.45) is 0 Å². The van der Waals surface area contributed by atoms with Gasteiger partial charge in [0.25, 0.3) is 0 Å². The van der Waals surface area contributed by atoms with Crippen LogP contribution < -0.4 is 0 Å². The first-order valence-corrected chi connectivity index (χ1v) is 3.75. The van der Waals surface area contributed by atoms with Gasteiger partial charge in [-0.1, -0.05) is 5.21 Å². The summed E-state index contributed by atoms with van der Waals surface area (Å²) in [5, 5.41) is 25.5. The van der Waals surface area contributed by atoms with E-state index in [1.807, 2.05) is 0 Å². The third-order valence-corrected chi connectivity index (χ3v) is 1.55. The summed E-state index contributed by atoms with van der Waals surface area (Å²) in [5.74, 6) is -0.609. The molecule has 0 aliphatic rings. The van der Waals surface area contributed by atoms with Gasteiger partial charge in [-0.05, 0) is 6.07 Å². The minimum absolute atomic E-state index is 0.00602. The van der Waals surface area contributed by atoms with Gasteiger partial charge in [-0.3, -0.25) is 4.68 Å². The lowest BCUT2D eigenvalue weighted by Gasteiger charge is -1.93. The molecule has 0 atom stereocenters. The van der Waals surface area contributed by atoms with Gasteiger partial charge in [0.2, 0.25) is 0 Å². The summed E-state index contributed by atoms with van der Waals surface area (Å²) in [4.78, 5) is 10.5. The number of carboxylic acid groups (broad SMARTS) is 1. The van der Waals surface area contributed by atoms with E-state index in [1.165, 1.54) is 10.7 Å². The fourth-order valence-electron chi connectivity index (χ4n) is 0.958. The van der Waals surface area contributed by atoms with Crippen LogP contribution in [0.5, 0.6) is 0 Å². The van der Waals surface area contributed by atoms with Crippen molar-refractivity contribution in [3.05, 3.63) is 23.8 Å². The molecule has 8 nitrogen and oxygen atoms in total. The Balaban J connectivity index is 2.14. The van der Waals surface area contributed by atoms with Gasteiger partial charge in [-0.2, -0.15) is 10.3 Å². The van der Waals surface area contributed by atoms with Crippen LogP contribution in [0.3, 0.4) is 0 Å². The van der Waals surface area contributed by atoms with E-state index in [2.05, 4.69) is 25.7 Å². The number of hydrogen-bond acceptors (Lipinski definition) is 5. The van der Waals surface area contributed by atoms with Crippen molar-refractivity contribution in [1.29, 1.82) is 0 Å². The van der Waals surface area contributed by atoms with Crippen LogP contribution in [0.15, 0.2) is 12.3 Å². The van der Waals surface area contributed by atoms with Gasteiger partial charge in [-0.25, -0.2) is 4.79 Å². The predicted molar refractivity (Wildman–Crippen MR) is 42.5 cm³/mol. The fourth-order valence-corrected chi connectivity index (χ4v) is 0.958.